The molecule has 2 N–H and O–H groups in total. The molecule has 0 aliphatic carbocycles. The minimum absolute atomic E-state index is 0.00193. The largest absolute Gasteiger partial charge is 0.407 e. The van der Waals surface area contributed by atoms with Crippen LogP contribution in [-0.4, -0.2) is 51.0 Å². The van der Waals surface area contributed by atoms with Crippen LogP contribution in [0.2, 0.25) is 0 Å². The van der Waals surface area contributed by atoms with Crippen molar-refractivity contribution in [1.82, 2.24) is 10.6 Å². The maximum absolute atomic E-state index is 13.8. The van der Waals surface area contributed by atoms with Crippen LogP contribution in [0.1, 0.15) is 31.9 Å². The van der Waals surface area contributed by atoms with E-state index in [-0.39, 0.29) is 24.4 Å². The lowest BCUT2D eigenvalue weighted by molar-refractivity contribution is -0.161. The highest BCUT2D eigenvalue weighted by Crippen LogP contribution is 2.34. The van der Waals surface area contributed by atoms with Crippen LogP contribution in [-0.2, 0) is 9.53 Å². The van der Waals surface area contributed by atoms with E-state index in [1.54, 1.807) is 18.2 Å². The average molecular weight is 412 g/mol. The third-order valence-electron chi connectivity index (χ3n) is 4.66. The van der Waals surface area contributed by atoms with Gasteiger partial charge in [0, 0.05) is 18.8 Å². The van der Waals surface area contributed by atoms with Gasteiger partial charge in [0.15, 0.2) is 0 Å². The van der Waals surface area contributed by atoms with Crippen molar-refractivity contribution in [2.45, 2.75) is 38.5 Å². The van der Waals surface area contributed by atoms with Crippen molar-refractivity contribution in [3.8, 4) is 6.07 Å². The number of hydrogen-bond acceptors (Lipinski definition) is 5. The zero-order chi connectivity index (χ0) is 21.4. The first-order chi connectivity index (χ1) is 13.7. The second-order valence-electron chi connectivity index (χ2n) is 7.39. The van der Waals surface area contributed by atoms with Gasteiger partial charge in [0.1, 0.15) is 12.6 Å². The fraction of sp³-hybridized carbons (Fsp3) is 0.600. The van der Waals surface area contributed by atoms with Crippen LogP contribution in [0.25, 0.3) is 0 Å². The molecule has 1 heterocycles. The first-order valence-electron chi connectivity index (χ1n) is 9.62. The molecular formula is C20H27F3N4O2. The van der Waals surface area contributed by atoms with E-state index in [1.807, 2.05) is 13.8 Å². The molecular weight excluding hydrogens is 385 g/mol. The zero-order valence-corrected chi connectivity index (χ0v) is 16.6. The molecule has 0 radical (unpaired) electrons. The zero-order valence-electron chi connectivity index (χ0n) is 16.6. The maximum Gasteiger partial charge on any atom is 0.407 e. The van der Waals surface area contributed by atoms with Gasteiger partial charge < -0.3 is 15.0 Å². The van der Waals surface area contributed by atoms with Crippen LogP contribution in [0.15, 0.2) is 24.3 Å². The monoisotopic (exact) mass is 412 g/mol. The molecule has 1 aromatic rings. The minimum atomic E-state index is -4.58. The summed E-state index contributed by atoms with van der Waals surface area (Å²) < 4.78 is 46.7. The number of carbonyl (C=O) groups is 1. The predicted octanol–water partition coefficient (Wildman–Crippen LogP) is 2.77. The SMILES string of the molecule is CC(C)C[C@H](NC(c1ccc(N2CCOCC2)cc1)C(F)(F)F)C(=O)NCC#N. The van der Waals surface area contributed by atoms with Gasteiger partial charge in [-0.25, -0.2) is 0 Å². The molecule has 1 aromatic carbocycles. The Morgan fingerprint density at radius 2 is 1.86 bits per heavy atom. The Balaban J connectivity index is 2.20. The molecule has 1 aliphatic heterocycles. The van der Waals surface area contributed by atoms with Crippen molar-refractivity contribution < 1.29 is 22.7 Å². The van der Waals surface area contributed by atoms with Gasteiger partial charge in [-0.1, -0.05) is 26.0 Å². The Labute approximate surface area is 169 Å². The Kier molecular flexibility index (Phi) is 8.29. The minimum Gasteiger partial charge on any atom is -0.378 e. The molecule has 1 amide bonds. The molecule has 2 rings (SSSR count). The number of carbonyl (C=O) groups excluding carboxylic acids is 1. The number of anilines is 1. The third-order valence-corrected chi connectivity index (χ3v) is 4.66. The summed E-state index contributed by atoms with van der Waals surface area (Å²) in [4.78, 5) is 14.3. The van der Waals surface area contributed by atoms with Crippen LogP contribution in [0.4, 0.5) is 18.9 Å². The highest BCUT2D eigenvalue weighted by atomic mass is 19.4. The Hall–Kier alpha value is -2.31. The number of rotatable bonds is 8. The number of hydrogen-bond donors (Lipinski definition) is 2. The van der Waals surface area contributed by atoms with Crippen molar-refractivity contribution in [3.05, 3.63) is 29.8 Å². The predicted molar refractivity (Wildman–Crippen MR) is 103 cm³/mol. The molecule has 2 atom stereocenters. The molecule has 0 saturated carbocycles. The molecule has 0 aromatic heterocycles. The molecule has 0 spiro atoms. The van der Waals surface area contributed by atoms with Crippen molar-refractivity contribution in [2.24, 2.45) is 5.92 Å². The first-order valence-corrected chi connectivity index (χ1v) is 9.62. The quantitative estimate of drug-likeness (QED) is 0.642. The van der Waals surface area contributed by atoms with E-state index in [0.29, 0.717) is 26.3 Å². The molecule has 1 fully saturated rings. The number of alkyl halides is 3. The van der Waals surface area contributed by atoms with Crippen molar-refractivity contribution in [1.29, 1.82) is 5.26 Å². The summed E-state index contributed by atoms with van der Waals surface area (Å²) in [6.45, 7) is 5.95. The molecule has 1 aliphatic rings. The lowest BCUT2D eigenvalue weighted by Gasteiger charge is -2.30. The number of benzene rings is 1. The number of nitrogens with zero attached hydrogens (tertiary/aromatic N) is 2. The van der Waals surface area contributed by atoms with E-state index in [9.17, 15) is 18.0 Å². The van der Waals surface area contributed by atoms with Gasteiger partial charge >= 0.3 is 6.18 Å². The highest BCUT2D eigenvalue weighted by Gasteiger charge is 2.42. The van der Waals surface area contributed by atoms with E-state index < -0.39 is 24.2 Å². The van der Waals surface area contributed by atoms with Crippen LogP contribution >= 0.6 is 0 Å². The summed E-state index contributed by atoms with van der Waals surface area (Å²) in [5.74, 6) is -0.614. The lowest BCUT2D eigenvalue weighted by Crippen LogP contribution is -2.49. The fourth-order valence-electron chi connectivity index (χ4n) is 3.25. The van der Waals surface area contributed by atoms with E-state index in [0.717, 1.165) is 5.69 Å². The van der Waals surface area contributed by atoms with Gasteiger partial charge in [-0.3, -0.25) is 10.1 Å². The van der Waals surface area contributed by atoms with E-state index in [4.69, 9.17) is 10.00 Å². The Morgan fingerprint density at radius 1 is 1.24 bits per heavy atom. The number of amides is 1. The number of morpholine rings is 1. The molecule has 29 heavy (non-hydrogen) atoms. The smallest absolute Gasteiger partial charge is 0.378 e. The van der Waals surface area contributed by atoms with Crippen LogP contribution in [0, 0.1) is 17.2 Å². The summed E-state index contributed by atoms with van der Waals surface area (Å²) in [7, 11) is 0. The number of ether oxygens (including phenoxy) is 1. The second kappa shape index (κ2) is 10.5. The van der Waals surface area contributed by atoms with Gasteiger partial charge in [-0.2, -0.15) is 18.4 Å². The van der Waals surface area contributed by atoms with E-state index >= 15 is 0 Å². The van der Waals surface area contributed by atoms with Gasteiger partial charge in [-0.05, 0) is 30.0 Å². The van der Waals surface area contributed by atoms with Gasteiger partial charge in [0.25, 0.3) is 0 Å². The Bertz CT molecular complexity index is 695. The number of nitrogens with one attached hydrogen (secondary N) is 2. The summed E-state index contributed by atoms with van der Waals surface area (Å²) in [6, 6.07) is 4.92. The summed E-state index contributed by atoms with van der Waals surface area (Å²) in [5.41, 5.74) is 0.875. The number of halogens is 3. The van der Waals surface area contributed by atoms with E-state index in [1.165, 1.54) is 12.1 Å². The highest BCUT2D eigenvalue weighted by molar-refractivity contribution is 5.82. The van der Waals surface area contributed by atoms with Gasteiger partial charge in [-0.15, -0.1) is 0 Å². The topological polar surface area (TPSA) is 77.4 Å². The normalized spacial score (nSPS) is 16.9. The van der Waals surface area contributed by atoms with Crippen LogP contribution < -0.4 is 15.5 Å². The second-order valence-corrected chi connectivity index (χ2v) is 7.39. The van der Waals surface area contributed by atoms with Crippen molar-refractivity contribution in [2.75, 3.05) is 37.7 Å². The maximum atomic E-state index is 13.8. The standard InChI is InChI=1S/C20H27F3N4O2/c1-14(2)13-17(19(28)25-8-7-24)26-18(20(21,22)23)15-3-5-16(6-4-15)27-9-11-29-12-10-27/h3-6,14,17-18,26H,8-13H2,1-2H3,(H,25,28)/t17-,18?/m0/s1. The van der Waals surface area contributed by atoms with Gasteiger partial charge in [0.05, 0.1) is 25.3 Å². The van der Waals surface area contributed by atoms with Crippen molar-refractivity contribution in [3.63, 3.8) is 0 Å². The van der Waals surface area contributed by atoms with Crippen LogP contribution in [0.5, 0.6) is 0 Å². The third kappa shape index (κ3) is 6.91. The number of nitriles is 1. The van der Waals surface area contributed by atoms with Crippen LogP contribution in [0.3, 0.4) is 0 Å². The Morgan fingerprint density at radius 3 is 2.38 bits per heavy atom. The lowest BCUT2D eigenvalue weighted by atomic mass is 9.99. The molecule has 9 heteroatoms. The summed E-state index contributed by atoms with van der Waals surface area (Å²) in [5, 5.41) is 13.4. The summed E-state index contributed by atoms with van der Waals surface area (Å²) in [6.07, 6.45) is -4.36. The fourth-order valence-corrected chi connectivity index (χ4v) is 3.25. The summed E-state index contributed by atoms with van der Waals surface area (Å²) >= 11 is 0. The van der Waals surface area contributed by atoms with Gasteiger partial charge in [0.2, 0.25) is 5.91 Å². The molecule has 1 saturated heterocycles. The molecule has 6 nitrogen and oxygen atoms in total. The first kappa shape index (κ1) is 23.0. The van der Waals surface area contributed by atoms with Crippen molar-refractivity contribution >= 4 is 11.6 Å². The molecule has 1 unspecified atom stereocenters. The molecule has 0 bridgehead atoms. The average Bonchev–Trinajstić information content (AvgIpc) is 2.69. The van der Waals surface area contributed by atoms with E-state index in [2.05, 4.69) is 15.5 Å². The molecule has 160 valence electrons.